The van der Waals surface area contributed by atoms with Gasteiger partial charge in [-0.05, 0) is 30.9 Å². The maximum atomic E-state index is 13.1. The van der Waals surface area contributed by atoms with E-state index in [2.05, 4.69) is 14.1 Å². The Balaban J connectivity index is 1.68. The molecule has 1 aliphatic rings. The summed E-state index contributed by atoms with van der Waals surface area (Å²) in [4.78, 5) is 24.1. The highest BCUT2D eigenvalue weighted by molar-refractivity contribution is 7.89. The number of rotatable bonds is 7. The Kier molecular flexibility index (Phi) is 6.49. The number of fused-ring (bicyclic) bond motifs is 1. The fraction of sp³-hybridized carbons (Fsp3) is 0.556. The molecule has 158 valence electrons. The Hall–Kier alpha value is -2.11. The van der Waals surface area contributed by atoms with Crippen LogP contribution in [-0.2, 0) is 19.6 Å². The summed E-state index contributed by atoms with van der Waals surface area (Å²) in [6, 6.07) is 3.92. The maximum Gasteiger partial charge on any atom is 0.326 e. The fourth-order valence-electron chi connectivity index (χ4n) is 3.44. The molecule has 2 unspecified atom stereocenters. The van der Waals surface area contributed by atoms with Gasteiger partial charge in [0, 0.05) is 19.0 Å². The average molecular weight is 441 g/mol. The van der Waals surface area contributed by atoms with Crippen molar-refractivity contribution in [3.63, 3.8) is 0 Å². The number of benzene rings is 1. The highest BCUT2D eigenvalue weighted by atomic mass is 32.2. The van der Waals surface area contributed by atoms with E-state index >= 15 is 0 Å². The van der Waals surface area contributed by atoms with Crippen LogP contribution >= 0.6 is 11.7 Å². The molecule has 9 nitrogen and oxygen atoms in total. The van der Waals surface area contributed by atoms with E-state index in [4.69, 9.17) is 0 Å². The normalized spacial score (nSPS) is 18.4. The molecule has 2 heterocycles. The number of hydrogen-bond acceptors (Lipinski definition) is 7. The molecule has 1 saturated heterocycles. The van der Waals surface area contributed by atoms with Gasteiger partial charge in [-0.1, -0.05) is 26.3 Å². The van der Waals surface area contributed by atoms with E-state index in [1.54, 1.807) is 19.1 Å². The molecule has 0 bridgehead atoms. The van der Waals surface area contributed by atoms with Gasteiger partial charge in [0.05, 0.1) is 11.7 Å². The molecule has 2 atom stereocenters. The van der Waals surface area contributed by atoms with Crippen molar-refractivity contribution in [3.05, 3.63) is 18.2 Å². The summed E-state index contributed by atoms with van der Waals surface area (Å²) in [5.74, 6) is -1.99. The SMILES string of the molecule is CCC(C)C(NC(=O)C1CCN(S(=O)(=O)c2cccc3nsnc23)CC1)C(=O)O. The molecule has 1 fully saturated rings. The van der Waals surface area contributed by atoms with Crippen LogP contribution in [0.4, 0.5) is 0 Å². The van der Waals surface area contributed by atoms with Gasteiger partial charge in [0.2, 0.25) is 15.9 Å². The molecule has 11 heteroatoms. The molecule has 0 spiro atoms. The number of carbonyl (C=O) groups is 2. The summed E-state index contributed by atoms with van der Waals surface area (Å²) in [6.45, 7) is 4.03. The van der Waals surface area contributed by atoms with E-state index in [9.17, 15) is 23.1 Å². The minimum atomic E-state index is -3.75. The number of piperidine rings is 1. The lowest BCUT2D eigenvalue weighted by molar-refractivity contribution is -0.144. The van der Waals surface area contributed by atoms with Gasteiger partial charge in [0.25, 0.3) is 0 Å². The second-order valence-electron chi connectivity index (χ2n) is 7.28. The van der Waals surface area contributed by atoms with Crippen molar-refractivity contribution in [2.24, 2.45) is 11.8 Å². The van der Waals surface area contributed by atoms with Crippen LogP contribution < -0.4 is 5.32 Å². The second kappa shape index (κ2) is 8.72. The Morgan fingerprint density at radius 3 is 2.62 bits per heavy atom. The summed E-state index contributed by atoms with van der Waals surface area (Å²) < 4.78 is 35.7. The zero-order valence-corrected chi connectivity index (χ0v) is 17.9. The van der Waals surface area contributed by atoms with Crippen LogP contribution in [0, 0.1) is 11.8 Å². The summed E-state index contributed by atoms with van der Waals surface area (Å²) in [5.41, 5.74) is 0.894. The minimum absolute atomic E-state index is 0.120. The summed E-state index contributed by atoms with van der Waals surface area (Å²) in [6.07, 6.45) is 1.30. The molecule has 1 aromatic heterocycles. The van der Waals surface area contributed by atoms with Crippen molar-refractivity contribution in [3.8, 4) is 0 Å². The molecule has 3 rings (SSSR count). The first-order valence-electron chi connectivity index (χ1n) is 9.50. The van der Waals surface area contributed by atoms with Crippen molar-refractivity contribution >= 4 is 44.7 Å². The van der Waals surface area contributed by atoms with Crippen LogP contribution in [0.15, 0.2) is 23.1 Å². The van der Waals surface area contributed by atoms with E-state index < -0.39 is 28.0 Å². The second-order valence-corrected chi connectivity index (χ2v) is 9.71. The van der Waals surface area contributed by atoms with Gasteiger partial charge in [-0.3, -0.25) is 4.79 Å². The Morgan fingerprint density at radius 2 is 2.00 bits per heavy atom. The molecule has 0 saturated carbocycles. The lowest BCUT2D eigenvalue weighted by Gasteiger charge is -2.31. The Morgan fingerprint density at radius 1 is 1.31 bits per heavy atom. The number of aliphatic carboxylic acids is 1. The highest BCUT2D eigenvalue weighted by Gasteiger charge is 2.35. The van der Waals surface area contributed by atoms with Crippen molar-refractivity contribution in [1.29, 1.82) is 0 Å². The van der Waals surface area contributed by atoms with Gasteiger partial charge < -0.3 is 10.4 Å². The first kappa shape index (κ1) is 21.6. The van der Waals surface area contributed by atoms with E-state index in [1.807, 2.05) is 6.92 Å². The lowest BCUT2D eigenvalue weighted by atomic mass is 9.94. The average Bonchev–Trinajstić information content (AvgIpc) is 3.19. The third-order valence-electron chi connectivity index (χ3n) is 5.47. The van der Waals surface area contributed by atoms with Gasteiger partial charge in [-0.25, -0.2) is 13.2 Å². The number of sulfonamides is 1. The quantitative estimate of drug-likeness (QED) is 0.670. The molecule has 1 aromatic carbocycles. The maximum absolute atomic E-state index is 13.1. The van der Waals surface area contributed by atoms with E-state index in [-0.39, 0.29) is 29.8 Å². The molecule has 0 radical (unpaired) electrons. The molecule has 1 amide bonds. The number of hydrogen-bond donors (Lipinski definition) is 2. The molecular weight excluding hydrogens is 416 g/mol. The number of nitrogens with one attached hydrogen (secondary N) is 1. The Bertz CT molecular complexity index is 999. The van der Waals surface area contributed by atoms with Crippen molar-refractivity contribution in [2.75, 3.05) is 13.1 Å². The number of aromatic nitrogens is 2. The molecule has 2 N–H and O–H groups in total. The van der Waals surface area contributed by atoms with Gasteiger partial charge >= 0.3 is 5.97 Å². The Labute approximate surface area is 173 Å². The van der Waals surface area contributed by atoms with Gasteiger partial charge in [-0.15, -0.1) is 0 Å². The van der Waals surface area contributed by atoms with Crippen LogP contribution in [0.1, 0.15) is 33.1 Å². The topological polar surface area (TPSA) is 130 Å². The first-order chi connectivity index (χ1) is 13.8. The predicted octanol–water partition coefficient (Wildman–Crippen LogP) is 1.71. The van der Waals surface area contributed by atoms with Crippen molar-refractivity contribution < 1.29 is 23.1 Å². The van der Waals surface area contributed by atoms with E-state index in [1.165, 1.54) is 10.4 Å². The van der Waals surface area contributed by atoms with Crippen LogP contribution in [0.25, 0.3) is 11.0 Å². The van der Waals surface area contributed by atoms with Crippen molar-refractivity contribution in [1.82, 2.24) is 18.4 Å². The summed E-state index contributed by atoms with van der Waals surface area (Å²) in [7, 11) is -3.75. The number of nitrogens with zero attached hydrogens (tertiary/aromatic N) is 3. The predicted molar refractivity (Wildman–Crippen MR) is 108 cm³/mol. The number of carboxylic acids is 1. The summed E-state index contributed by atoms with van der Waals surface area (Å²) in [5, 5.41) is 12.0. The monoisotopic (exact) mass is 440 g/mol. The summed E-state index contributed by atoms with van der Waals surface area (Å²) >= 11 is 0.962. The van der Waals surface area contributed by atoms with Crippen molar-refractivity contribution in [2.45, 2.75) is 44.0 Å². The first-order valence-corrected chi connectivity index (χ1v) is 11.7. The van der Waals surface area contributed by atoms with Crippen LogP contribution in [0.2, 0.25) is 0 Å². The molecular formula is C18H24N4O5S2. The molecule has 1 aliphatic heterocycles. The number of carboxylic acid groups (broad SMARTS) is 1. The minimum Gasteiger partial charge on any atom is -0.480 e. The highest BCUT2D eigenvalue weighted by Crippen LogP contribution is 2.28. The fourth-order valence-corrected chi connectivity index (χ4v) is 5.66. The number of amides is 1. The standard InChI is InChI=1S/C18H24N4O5S2/c1-3-11(2)15(18(24)25)19-17(23)12-7-9-22(10-8-12)29(26,27)14-6-4-5-13-16(14)21-28-20-13/h4-6,11-12,15H,3,7-10H2,1-2H3,(H,19,23)(H,24,25). The largest absolute Gasteiger partial charge is 0.480 e. The van der Waals surface area contributed by atoms with E-state index in [0.29, 0.717) is 30.3 Å². The third kappa shape index (κ3) is 4.41. The lowest BCUT2D eigenvalue weighted by Crippen LogP contribution is -2.49. The third-order valence-corrected chi connectivity index (χ3v) is 7.94. The van der Waals surface area contributed by atoms with E-state index in [0.717, 1.165) is 11.7 Å². The molecule has 0 aliphatic carbocycles. The van der Waals surface area contributed by atoms with Crippen LogP contribution in [-0.4, -0.2) is 57.6 Å². The van der Waals surface area contributed by atoms with Crippen LogP contribution in [0.5, 0.6) is 0 Å². The smallest absolute Gasteiger partial charge is 0.326 e. The zero-order valence-electron chi connectivity index (χ0n) is 16.2. The molecule has 2 aromatic rings. The van der Waals surface area contributed by atoms with Gasteiger partial charge in [0.15, 0.2) is 0 Å². The number of carbonyl (C=O) groups excluding carboxylic acids is 1. The van der Waals surface area contributed by atoms with Crippen LogP contribution in [0.3, 0.4) is 0 Å². The van der Waals surface area contributed by atoms with Gasteiger partial charge in [0.1, 0.15) is 22.0 Å². The molecule has 29 heavy (non-hydrogen) atoms. The zero-order chi connectivity index (χ0) is 21.2. The van der Waals surface area contributed by atoms with Gasteiger partial charge in [-0.2, -0.15) is 13.1 Å².